The second-order valence-corrected chi connectivity index (χ2v) is 9.22. The zero-order valence-electron chi connectivity index (χ0n) is 16.9. The van der Waals surface area contributed by atoms with E-state index in [0.29, 0.717) is 12.1 Å². The number of hydrogen-bond donors (Lipinski definition) is 3. The number of carboxylic acid groups (broad SMARTS) is 1. The van der Waals surface area contributed by atoms with E-state index in [1.807, 2.05) is 60.9 Å². The number of fused-ring (bicyclic) bond motifs is 1. The third-order valence-corrected chi connectivity index (χ3v) is 5.97. The molecule has 0 unspecified atom stereocenters. The van der Waals surface area contributed by atoms with Crippen LogP contribution in [0.25, 0.3) is 0 Å². The molecule has 7 nitrogen and oxygen atoms in total. The van der Waals surface area contributed by atoms with Crippen molar-refractivity contribution in [3.8, 4) is 0 Å². The molecule has 1 aliphatic heterocycles. The first-order chi connectivity index (χ1) is 14.1. The third kappa shape index (κ3) is 4.60. The zero-order valence-corrected chi connectivity index (χ0v) is 17.7. The van der Waals surface area contributed by atoms with Gasteiger partial charge in [-0.15, -0.1) is 0 Å². The fourth-order valence-electron chi connectivity index (χ4n) is 3.89. The van der Waals surface area contributed by atoms with Gasteiger partial charge in [0.15, 0.2) is 5.71 Å². The van der Waals surface area contributed by atoms with Crippen LogP contribution in [0, 0.1) is 0 Å². The standard InChI is InChI=1S/C22H24N2O5S/c1-22(2)19(12-13-23-16-8-4-3-5-9-16)24(14-7-15-30(27,28)29)18-11-6-10-17(20(18)22)21(25)26/h3-6,8-13H,7,14-15H2,1-2H3,(H2,25,26,27,28,29)/p+1. The van der Waals surface area contributed by atoms with Gasteiger partial charge in [0.2, 0.25) is 5.69 Å². The monoisotopic (exact) mass is 429 g/mol. The maximum Gasteiger partial charge on any atom is 0.336 e. The van der Waals surface area contributed by atoms with E-state index in [2.05, 4.69) is 5.32 Å². The molecule has 1 heterocycles. The fraction of sp³-hybridized carbons (Fsp3) is 0.273. The van der Waals surface area contributed by atoms with Crippen LogP contribution in [-0.4, -0.2) is 46.6 Å². The number of hydrogen-bond acceptors (Lipinski definition) is 4. The number of carboxylic acids is 1. The zero-order chi connectivity index (χ0) is 21.9. The summed E-state index contributed by atoms with van der Waals surface area (Å²) in [5.41, 5.74) is 2.77. The topological polar surface area (TPSA) is 107 Å². The van der Waals surface area contributed by atoms with Crippen LogP contribution in [0.2, 0.25) is 0 Å². The van der Waals surface area contributed by atoms with Gasteiger partial charge in [-0.1, -0.05) is 24.3 Å². The molecule has 0 bridgehead atoms. The van der Waals surface area contributed by atoms with Gasteiger partial charge in [-0.25, -0.2) is 4.79 Å². The maximum absolute atomic E-state index is 11.8. The van der Waals surface area contributed by atoms with Gasteiger partial charge in [0.05, 0.1) is 22.3 Å². The number of rotatable bonds is 8. The van der Waals surface area contributed by atoms with Crippen molar-refractivity contribution >= 4 is 33.2 Å². The second kappa shape index (κ2) is 8.41. The number of nitrogens with one attached hydrogen (secondary N) is 1. The molecule has 0 saturated carbocycles. The van der Waals surface area contributed by atoms with Gasteiger partial charge >= 0.3 is 5.97 Å². The number of anilines is 1. The molecule has 2 aromatic carbocycles. The summed E-state index contributed by atoms with van der Waals surface area (Å²) < 4.78 is 33.3. The van der Waals surface area contributed by atoms with Crippen molar-refractivity contribution in [1.82, 2.24) is 0 Å². The summed E-state index contributed by atoms with van der Waals surface area (Å²) in [6.07, 6.45) is 3.87. The molecule has 0 atom stereocenters. The van der Waals surface area contributed by atoms with Crippen LogP contribution in [0.5, 0.6) is 0 Å². The molecule has 2 aromatic rings. The number of aromatic carboxylic acids is 1. The summed E-state index contributed by atoms with van der Waals surface area (Å²) >= 11 is 0. The average molecular weight is 430 g/mol. The van der Waals surface area contributed by atoms with E-state index in [1.54, 1.807) is 18.3 Å². The van der Waals surface area contributed by atoms with Gasteiger partial charge < -0.3 is 10.4 Å². The molecule has 0 radical (unpaired) electrons. The Labute approximate surface area is 176 Å². The summed E-state index contributed by atoms with van der Waals surface area (Å²) in [4.78, 5) is 11.8. The minimum atomic E-state index is -4.07. The molecule has 0 spiro atoms. The lowest BCUT2D eigenvalue weighted by Gasteiger charge is -2.17. The lowest BCUT2D eigenvalue weighted by atomic mass is 9.79. The molecule has 0 saturated heterocycles. The average Bonchev–Trinajstić information content (AvgIpc) is 2.89. The number of allylic oxidation sites excluding steroid dienone is 1. The normalized spacial score (nSPS) is 15.4. The largest absolute Gasteiger partial charge is 0.478 e. The predicted octanol–water partition coefficient (Wildman–Crippen LogP) is 3.66. The van der Waals surface area contributed by atoms with Crippen molar-refractivity contribution in [2.75, 3.05) is 17.6 Å². The van der Waals surface area contributed by atoms with Crippen LogP contribution in [0.4, 0.5) is 11.4 Å². The summed E-state index contributed by atoms with van der Waals surface area (Å²) in [6, 6.07) is 14.7. The molecule has 8 heteroatoms. The van der Waals surface area contributed by atoms with Gasteiger partial charge in [-0.3, -0.25) is 4.55 Å². The Bertz CT molecular complexity index is 1120. The van der Waals surface area contributed by atoms with E-state index in [1.165, 1.54) is 0 Å². The highest BCUT2D eigenvalue weighted by Gasteiger charge is 2.46. The van der Waals surface area contributed by atoms with Crippen LogP contribution >= 0.6 is 0 Å². The van der Waals surface area contributed by atoms with E-state index in [9.17, 15) is 18.3 Å². The Morgan fingerprint density at radius 3 is 2.47 bits per heavy atom. The first-order valence-corrected chi connectivity index (χ1v) is 11.2. The lowest BCUT2D eigenvalue weighted by molar-refractivity contribution is -0.437. The quantitative estimate of drug-likeness (QED) is 0.437. The molecule has 158 valence electrons. The molecule has 0 aliphatic carbocycles. The molecule has 0 amide bonds. The van der Waals surface area contributed by atoms with E-state index in [0.717, 1.165) is 17.1 Å². The van der Waals surface area contributed by atoms with Gasteiger partial charge in [0.1, 0.15) is 6.54 Å². The van der Waals surface area contributed by atoms with Crippen molar-refractivity contribution in [3.63, 3.8) is 0 Å². The van der Waals surface area contributed by atoms with Gasteiger partial charge in [-0.05, 0) is 32.0 Å². The molecule has 3 rings (SSSR count). The van der Waals surface area contributed by atoms with E-state index in [-0.39, 0.29) is 17.7 Å². The van der Waals surface area contributed by atoms with Crippen molar-refractivity contribution in [2.45, 2.75) is 25.7 Å². The third-order valence-electron chi connectivity index (χ3n) is 5.17. The number of benzene rings is 2. The first-order valence-electron chi connectivity index (χ1n) is 9.56. The summed E-state index contributed by atoms with van der Waals surface area (Å²) in [6.45, 7) is 4.22. The van der Waals surface area contributed by atoms with Gasteiger partial charge in [0, 0.05) is 30.5 Å². The van der Waals surface area contributed by atoms with Crippen LogP contribution in [0.1, 0.15) is 36.2 Å². The first kappa shape index (κ1) is 21.7. The molecule has 0 aromatic heterocycles. The van der Waals surface area contributed by atoms with Crippen molar-refractivity contribution in [2.24, 2.45) is 0 Å². The Balaban J connectivity index is 2.01. The minimum absolute atomic E-state index is 0.203. The minimum Gasteiger partial charge on any atom is -0.478 e. The summed E-state index contributed by atoms with van der Waals surface area (Å²) in [7, 11) is -4.07. The highest BCUT2D eigenvalue weighted by atomic mass is 32.2. The van der Waals surface area contributed by atoms with E-state index in [4.69, 9.17) is 4.55 Å². The van der Waals surface area contributed by atoms with E-state index < -0.39 is 21.5 Å². The Hall–Kier alpha value is -2.97. The number of nitrogens with zero attached hydrogens (tertiary/aromatic N) is 1. The van der Waals surface area contributed by atoms with Crippen LogP contribution in [-0.2, 0) is 15.5 Å². The number of para-hydroxylation sites is 1. The van der Waals surface area contributed by atoms with Crippen molar-refractivity contribution < 1.29 is 27.4 Å². The SMILES string of the molecule is CC1(C)C(/C=C/Nc2ccccc2)=[N+](CCCS(=O)(=O)O)c2cccc(C(=O)O)c21. The molecule has 0 fully saturated rings. The molecular weight excluding hydrogens is 404 g/mol. The van der Waals surface area contributed by atoms with Crippen LogP contribution in [0.15, 0.2) is 60.8 Å². The Kier molecular flexibility index (Phi) is 6.09. The molecule has 3 N–H and O–H groups in total. The molecule has 1 aliphatic rings. The Morgan fingerprint density at radius 2 is 1.83 bits per heavy atom. The maximum atomic E-state index is 11.8. The molecule has 30 heavy (non-hydrogen) atoms. The summed E-state index contributed by atoms with van der Waals surface area (Å²) in [5, 5.41) is 12.9. The highest BCUT2D eigenvalue weighted by Crippen LogP contribution is 2.42. The van der Waals surface area contributed by atoms with Crippen LogP contribution < -0.4 is 5.32 Å². The number of carbonyl (C=O) groups is 1. The Morgan fingerprint density at radius 1 is 1.13 bits per heavy atom. The smallest absolute Gasteiger partial charge is 0.336 e. The second-order valence-electron chi connectivity index (χ2n) is 7.65. The predicted molar refractivity (Wildman–Crippen MR) is 116 cm³/mol. The molecular formula is C22H25N2O5S+. The van der Waals surface area contributed by atoms with Crippen LogP contribution in [0.3, 0.4) is 0 Å². The van der Waals surface area contributed by atoms with Crippen molar-refractivity contribution in [3.05, 3.63) is 71.9 Å². The summed E-state index contributed by atoms with van der Waals surface area (Å²) in [5.74, 6) is -1.37. The van der Waals surface area contributed by atoms with Gasteiger partial charge in [-0.2, -0.15) is 13.0 Å². The van der Waals surface area contributed by atoms with Gasteiger partial charge in [0.25, 0.3) is 10.1 Å². The lowest BCUT2D eigenvalue weighted by Crippen LogP contribution is -2.29. The van der Waals surface area contributed by atoms with E-state index >= 15 is 0 Å². The highest BCUT2D eigenvalue weighted by molar-refractivity contribution is 7.85. The fourth-order valence-corrected chi connectivity index (χ4v) is 4.38. The van der Waals surface area contributed by atoms with Crippen molar-refractivity contribution in [1.29, 1.82) is 0 Å².